The molecule has 0 saturated heterocycles. The summed E-state index contributed by atoms with van der Waals surface area (Å²) < 4.78 is 0. The zero-order chi connectivity index (χ0) is 7.28. The van der Waals surface area contributed by atoms with E-state index in [9.17, 15) is 4.79 Å². The molecular formula is C5H12CaO3S. The van der Waals surface area contributed by atoms with Gasteiger partial charge in [0.05, 0.1) is 0 Å². The van der Waals surface area contributed by atoms with E-state index in [-0.39, 0.29) is 40.6 Å². The Morgan fingerprint density at radius 1 is 1.70 bits per heavy atom. The Morgan fingerprint density at radius 3 is 2.50 bits per heavy atom. The minimum absolute atomic E-state index is 0. The van der Waals surface area contributed by atoms with Gasteiger partial charge in [-0.25, -0.2) is 4.79 Å². The number of rotatable bonds is 4. The summed E-state index contributed by atoms with van der Waals surface area (Å²) in [7, 11) is 0. The van der Waals surface area contributed by atoms with Crippen LogP contribution in [-0.4, -0.2) is 65.8 Å². The number of aliphatic hydroxyl groups is 1. The van der Waals surface area contributed by atoms with Gasteiger partial charge in [0, 0.05) is 0 Å². The molecule has 0 radical (unpaired) electrons. The minimum Gasteiger partial charge on any atom is -1.00 e. The molecule has 0 aliphatic carbocycles. The summed E-state index contributed by atoms with van der Waals surface area (Å²) in [6.07, 6.45) is -0.285. The van der Waals surface area contributed by atoms with Gasteiger partial charge in [-0.05, 0) is 18.6 Å². The molecular weight excluding hydrogens is 180 g/mol. The van der Waals surface area contributed by atoms with Gasteiger partial charge in [0.2, 0.25) is 0 Å². The van der Waals surface area contributed by atoms with Gasteiger partial charge >= 0.3 is 43.7 Å². The van der Waals surface area contributed by atoms with E-state index in [1.54, 1.807) is 0 Å². The van der Waals surface area contributed by atoms with E-state index in [0.29, 0.717) is 18.6 Å². The molecule has 0 amide bonds. The van der Waals surface area contributed by atoms with E-state index in [2.05, 4.69) is 12.6 Å². The van der Waals surface area contributed by atoms with Crippen molar-refractivity contribution in [2.45, 2.75) is 18.9 Å². The molecule has 10 heavy (non-hydrogen) atoms. The van der Waals surface area contributed by atoms with Gasteiger partial charge in [-0.3, -0.25) is 0 Å². The van der Waals surface area contributed by atoms with Crippen molar-refractivity contribution in [2.75, 3.05) is 5.75 Å². The normalized spacial score (nSPS) is 11.8. The zero-order valence-corrected chi connectivity index (χ0v) is 8.76. The number of carboxylic acids is 1. The van der Waals surface area contributed by atoms with Gasteiger partial charge in [0.1, 0.15) is 0 Å². The molecule has 0 aliphatic rings. The van der Waals surface area contributed by atoms with Crippen molar-refractivity contribution in [1.29, 1.82) is 0 Å². The maximum Gasteiger partial charge on any atom is 2.00 e. The van der Waals surface area contributed by atoms with Crippen molar-refractivity contribution in [3.05, 3.63) is 0 Å². The summed E-state index contributed by atoms with van der Waals surface area (Å²) >= 11 is 3.86. The third-order valence-electron chi connectivity index (χ3n) is 0.921. The first kappa shape index (κ1) is 13.6. The predicted octanol–water partition coefficient (Wildman–Crippen LogP) is -0.0139. The van der Waals surface area contributed by atoms with E-state index in [1.807, 2.05) is 0 Å². The van der Waals surface area contributed by atoms with Crippen LogP contribution < -0.4 is 0 Å². The van der Waals surface area contributed by atoms with E-state index < -0.39 is 12.1 Å². The van der Waals surface area contributed by atoms with Crippen LogP contribution in [0.25, 0.3) is 0 Å². The number of carboxylic acid groups (broad SMARTS) is 1. The van der Waals surface area contributed by atoms with Crippen molar-refractivity contribution in [2.24, 2.45) is 0 Å². The van der Waals surface area contributed by atoms with Crippen molar-refractivity contribution < 1.29 is 17.9 Å². The first-order chi connectivity index (χ1) is 4.18. The van der Waals surface area contributed by atoms with Gasteiger partial charge in [0.25, 0.3) is 0 Å². The Morgan fingerprint density at radius 2 is 2.20 bits per heavy atom. The first-order valence-electron chi connectivity index (χ1n) is 2.70. The fourth-order valence-corrected chi connectivity index (χ4v) is 0.591. The summed E-state index contributed by atoms with van der Waals surface area (Å²) in [5.41, 5.74) is 0. The Hall–Kier alpha value is 1.04. The molecule has 0 aromatic carbocycles. The van der Waals surface area contributed by atoms with Gasteiger partial charge in [-0.15, -0.1) is 0 Å². The third kappa shape index (κ3) is 7.15. The van der Waals surface area contributed by atoms with E-state index in [1.165, 1.54) is 0 Å². The smallest absolute Gasteiger partial charge is 1.00 e. The molecule has 0 aromatic heterocycles. The molecule has 0 spiro atoms. The molecule has 58 valence electrons. The number of hydrogen-bond donors (Lipinski definition) is 3. The molecule has 0 bridgehead atoms. The van der Waals surface area contributed by atoms with Gasteiger partial charge < -0.3 is 13.1 Å². The van der Waals surface area contributed by atoms with Gasteiger partial charge in [-0.2, -0.15) is 12.6 Å². The third-order valence-corrected chi connectivity index (χ3v) is 1.24. The van der Waals surface area contributed by atoms with Crippen LogP contribution in [0.1, 0.15) is 15.7 Å². The standard InChI is InChI=1S/C5H10O3S.Ca.2H/c6-4(5(7)8)2-1-3-9;;;/h4,6,9H,1-3H2,(H,7,8);;;/q;+2;2*-1. The molecule has 0 fully saturated rings. The second kappa shape index (κ2) is 8.14. The molecule has 0 rings (SSSR count). The quantitative estimate of drug-likeness (QED) is 0.433. The molecule has 0 heterocycles. The van der Waals surface area contributed by atoms with Crippen molar-refractivity contribution >= 4 is 56.3 Å². The number of carbonyl (C=O) groups is 1. The van der Waals surface area contributed by atoms with Crippen LogP contribution in [0.4, 0.5) is 0 Å². The summed E-state index contributed by atoms with van der Waals surface area (Å²) in [4.78, 5) is 9.93. The number of thiol groups is 1. The molecule has 3 nitrogen and oxygen atoms in total. The Balaban J connectivity index is -0.000000107. The van der Waals surface area contributed by atoms with E-state index >= 15 is 0 Å². The zero-order valence-electron chi connectivity index (χ0n) is 7.66. The van der Waals surface area contributed by atoms with Gasteiger partial charge in [-0.1, -0.05) is 0 Å². The van der Waals surface area contributed by atoms with E-state index in [0.717, 1.165) is 0 Å². The van der Waals surface area contributed by atoms with Crippen LogP contribution in [0.15, 0.2) is 0 Å². The average Bonchev–Trinajstić information content (AvgIpc) is 1.82. The summed E-state index contributed by atoms with van der Waals surface area (Å²) in [6, 6.07) is 0. The van der Waals surface area contributed by atoms with Crippen LogP contribution in [0.3, 0.4) is 0 Å². The predicted molar refractivity (Wildman–Crippen MR) is 44.7 cm³/mol. The Labute approximate surface area is 98.2 Å². The van der Waals surface area contributed by atoms with Crippen molar-refractivity contribution in [3.8, 4) is 0 Å². The maximum absolute atomic E-state index is 9.93. The number of aliphatic hydroxyl groups excluding tert-OH is 1. The summed E-state index contributed by atoms with van der Waals surface area (Å²) in [5.74, 6) is -0.540. The van der Waals surface area contributed by atoms with E-state index in [4.69, 9.17) is 10.2 Å². The monoisotopic (exact) mass is 192 g/mol. The molecule has 2 N–H and O–H groups in total. The SMILES string of the molecule is O=C(O)C(O)CCCS.[Ca+2].[H-].[H-]. The molecule has 1 atom stereocenters. The fourth-order valence-electron chi connectivity index (χ4n) is 0.408. The summed E-state index contributed by atoms with van der Waals surface area (Å²) in [6.45, 7) is 0. The maximum atomic E-state index is 9.93. The van der Waals surface area contributed by atoms with Crippen LogP contribution in [0, 0.1) is 0 Å². The van der Waals surface area contributed by atoms with Gasteiger partial charge in [0.15, 0.2) is 6.10 Å². The Kier molecular flexibility index (Phi) is 11.1. The summed E-state index contributed by atoms with van der Waals surface area (Å²) in [5, 5.41) is 16.8. The van der Waals surface area contributed by atoms with Crippen LogP contribution in [-0.2, 0) is 4.79 Å². The topological polar surface area (TPSA) is 57.5 Å². The number of hydrogen-bond acceptors (Lipinski definition) is 3. The van der Waals surface area contributed by atoms with Crippen molar-refractivity contribution in [3.63, 3.8) is 0 Å². The largest absolute Gasteiger partial charge is 2.00 e. The van der Waals surface area contributed by atoms with Crippen LogP contribution >= 0.6 is 12.6 Å². The molecule has 5 heteroatoms. The molecule has 0 aromatic rings. The second-order valence-corrected chi connectivity index (χ2v) is 2.17. The Bertz CT molecular complexity index is 107. The number of aliphatic carboxylic acids is 1. The second-order valence-electron chi connectivity index (χ2n) is 1.72. The molecule has 0 saturated carbocycles. The van der Waals surface area contributed by atoms with Crippen LogP contribution in [0.5, 0.6) is 0 Å². The fraction of sp³-hybridized carbons (Fsp3) is 0.800. The van der Waals surface area contributed by atoms with Crippen molar-refractivity contribution in [1.82, 2.24) is 0 Å². The minimum atomic E-state index is -1.21. The van der Waals surface area contributed by atoms with Crippen LogP contribution in [0.2, 0.25) is 0 Å². The average molecular weight is 192 g/mol. The first-order valence-corrected chi connectivity index (χ1v) is 3.33. The molecule has 1 unspecified atom stereocenters. The molecule has 0 aliphatic heterocycles.